The number of hydrogen-bond donors (Lipinski definition) is 0. The van der Waals surface area contributed by atoms with Crippen molar-refractivity contribution in [1.82, 2.24) is 0 Å². The van der Waals surface area contributed by atoms with Gasteiger partial charge in [-0.15, -0.1) is 0 Å². The van der Waals surface area contributed by atoms with Gasteiger partial charge in [0.15, 0.2) is 5.60 Å². The van der Waals surface area contributed by atoms with Crippen LogP contribution in [0.2, 0.25) is 5.02 Å². The molecule has 0 bridgehead atoms. The molecule has 1 aromatic rings. The molecule has 0 radical (unpaired) electrons. The van der Waals surface area contributed by atoms with Crippen molar-refractivity contribution in [1.29, 1.82) is 5.26 Å². The lowest BCUT2D eigenvalue weighted by Crippen LogP contribution is -2.61. The lowest BCUT2D eigenvalue weighted by Gasteiger charge is -2.52. The fourth-order valence-electron chi connectivity index (χ4n) is 3.83. The molecule has 0 amide bonds. The molecule has 3 unspecified atom stereocenters. The van der Waals surface area contributed by atoms with E-state index >= 15 is 0 Å². The van der Waals surface area contributed by atoms with E-state index in [1.54, 1.807) is 0 Å². The molecule has 1 aliphatic carbocycles. The van der Waals surface area contributed by atoms with Crippen molar-refractivity contribution >= 4 is 11.6 Å². The minimum Gasteiger partial charge on any atom is -0.358 e. The second kappa shape index (κ2) is 4.51. The van der Waals surface area contributed by atoms with Crippen molar-refractivity contribution in [2.45, 2.75) is 38.2 Å². The molecule has 1 saturated heterocycles. The molecule has 3 heteroatoms. The van der Waals surface area contributed by atoms with Gasteiger partial charge < -0.3 is 4.74 Å². The van der Waals surface area contributed by atoms with Gasteiger partial charge in [-0.05, 0) is 43.4 Å². The summed E-state index contributed by atoms with van der Waals surface area (Å²) in [7, 11) is 0. The predicted molar refractivity (Wildman–Crippen MR) is 74.9 cm³/mol. The minimum absolute atomic E-state index is 0.110. The molecule has 2 aliphatic rings. The highest BCUT2D eigenvalue weighted by Gasteiger charge is 2.67. The maximum Gasteiger partial charge on any atom is 0.165 e. The fourth-order valence-corrected chi connectivity index (χ4v) is 3.95. The van der Waals surface area contributed by atoms with E-state index in [1.165, 1.54) is 5.56 Å². The zero-order valence-electron chi connectivity index (χ0n) is 11.2. The molecule has 1 aromatic carbocycles. The Morgan fingerprint density at radius 2 is 2.16 bits per heavy atom. The van der Waals surface area contributed by atoms with Gasteiger partial charge in [-0.25, -0.2) is 0 Å². The largest absolute Gasteiger partial charge is 0.358 e. The molecule has 3 atom stereocenters. The third-order valence-electron chi connectivity index (χ3n) is 5.15. The van der Waals surface area contributed by atoms with Gasteiger partial charge in [0.05, 0.1) is 12.7 Å². The molecule has 3 rings (SSSR count). The SMILES string of the molecule is CCC12CCC(Cc3ccc(Cl)cc3)C1(C#N)OC2. The average molecular weight is 276 g/mol. The molecule has 1 saturated carbocycles. The van der Waals surface area contributed by atoms with Crippen LogP contribution in [0.4, 0.5) is 0 Å². The third kappa shape index (κ3) is 1.72. The first-order valence-corrected chi connectivity index (χ1v) is 7.33. The predicted octanol–water partition coefficient (Wildman–Crippen LogP) is 3.98. The number of halogens is 1. The Morgan fingerprint density at radius 3 is 2.68 bits per heavy atom. The number of benzene rings is 1. The van der Waals surface area contributed by atoms with E-state index in [0.717, 1.165) is 37.3 Å². The van der Waals surface area contributed by atoms with Crippen LogP contribution in [0.3, 0.4) is 0 Å². The maximum atomic E-state index is 9.64. The van der Waals surface area contributed by atoms with Crippen molar-refractivity contribution in [2.75, 3.05) is 6.61 Å². The standard InChI is InChI=1S/C16H18ClNO/c1-2-15-8-7-13(16(15,10-18)19-11-15)9-12-3-5-14(17)6-4-12/h3-6,13H,2,7-9,11H2,1H3. The van der Waals surface area contributed by atoms with E-state index in [2.05, 4.69) is 25.1 Å². The Bertz CT molecular complexity index is 517. The summed E-state index contributed by atoms with van der Waals surface area (Å²) in [6.07, 6.45) is 4.16. The summed E-state index contributed by atoms with van der Waals surface area (Å²) in [4.78, 5) is 0. The van der Waals surface area contributed by atoms with Crippen molar-refractivity contribution in [2.24, 2.45) is 11.3 Å². The fraction of sp³-hybridized carbons (Fsp3) is 0.562. The van der Waals surface area contributed by atoms with E-state index in [4.69, 9.17) is 16.3 Å². The van der Waals surface area contributed by atoms with Crippen LogP contribution < -0.4 is 0 Å². The van der Waals surface area contributed by atoms with E-state index in [9.17, 15) is 5.26 Å². The first kappa shape index (κ1) is 13.0. The van der Waals surface area contributed by atoms with E-state index in [0.29, 0.717) is 5.92 Å². The quantitative estimate of drug-likeness (QED) is 0.836. The summed E-state index contributed by atoms with van der Waals surface area (Å²) < 4.78 is 5.81. The second-order valence-electron chi connectivity index (χ2n) is 5.84. The van der Waals surface area contributed by atoms with Gasteiger partial charge in [-0.3, -0.25) is 0 Å². The Kier molecular flexibility index (Phi) is 3.08. The van der Waals surface area contributed by atoms with E-state index in [-0.39, 0.29) is 5.41 Å². The number of hydrogen-bond acceptors (Lipinski definition) is 2. The summed E-state index contributed by atoms with van der Waals surface area (Å²) >= 11 is 5.91. The number of rotatable bonds is 3. The highest BCUT2D eigenvalue weighted by Crippen LogP contribution is 2.61. The summed E-state index contributed by atoms with van der Waals surface area (Å²) in [5, 5.41) is 10.4. The van der Waals surface area contributed by atoms with Gasteiger partial charge in [0.2, 0.25) is 0 Å². The maximum absolute atomic E-state index is 9.64. The summed E-state index contributed by atoms with van der Waals surface area (Å²) in [6, 6.07) is 10.4. The highest BCUT2D eigenvalue weighted by atomic mass is 35.5. The van der Waals surface area contributed by atoms with Gasteiger partial charge in [-0.1, -0.05) is 30.7 Å². The summed E-state index contributed by atoms with van der Waals surface area (Å²) in [5.74, 6) is 0.312. The van der Waals surface area contributed by atoms with E-state index < -0.39 is 5.60 Å². The van der Waals surface area contributed by atoms with Crippen molar-refractivity contribution < 1.29 is 4.74 Å². The zero-order valence-corrected chi connectivity index (χ0v) is 11.9. The lowest BCUT2D eigenvalue weighted by molar-refractivity contribution is -0.234. The van der Waals surface area contributed by atoms with Crippen LogP contribution in [0.1, 0.15) is 31.7 Å². The third-order valence-corrected chi connectivity index (χ3v) is 5.40. The molecule has 0 spiro atoms. The first-order valence-electron chi connectivity index (χ1n) is 6.95. The summed E-state index contributed by atoms with van der Waals surface area (Å²) in [6.45, 7) is 2.94. The van der Waals surface area contributed by atoms with Crippen LogP contribution >= 0.6 is 11.6 Å². The van der Waals surface area contributed by atoms with Crippen LogP contribution in [0.5, 0.6) is 0 Å². The molecular formula is C16H18ClNO. The topological polar surface area (TPSA) is 33.0 Å². The number of ether oxygens (including phenoxy) is 1. The smallest absolute Gasteiger partial charge is 0.165 e. The Morgan fingerprint density at radius 1 is 1.42 bits per heavy atom. The highest BCUT2D eigenvalue weighted by molar-refractivity contribution is 6.30. The molecule has 19 heavy (non-hydrogen) atoms. The van der Waals surface area contributed by atoms with Crippen molar-refractivity contribution in [3.63, 3.8) is 0 Å². The molecule has 1 heterocycles. The zero-order chi connectivity index (χ0) is 13.5. The molecule has 1 aliphatic heterocycles. The van der Waals surface area contributed by atoms with Crippen LogP contribution in [-0.2, 0) is 11.2 Å². The second-order valence-corrected chi connectivity index (χ2v) is 6.27. The Balaban J connectivity index is 1.83. The molecule has 2 fully saturated rings. The van der Waals surface area contributed by atoms with Crippen LogP contribution in [0.15, 0.2) is 24.3 Å². The molecule has 2 nitrogen and oxygen atoms in total. The van der Waals surface area contributed by atoms with Gasteiger partial charge in [0, 0.05) is 16.4 Å². The van der Waals surface area contributed by atoms with Crippen molar-refractivity contribution in [3.8, 4) is 6.07 Å². The van der Waals surface area contributed by atoms with Crippen LogP contribution in [0, 0.1) is 22.7 Å². The normalized spacial score (nSPS) is 36.4. The van der Waals surface area contributed by atoms with Crippen LogP contribution in [-0.4, -0.2) is 12.2 Å². The molecular weight excluding hydrogens is 258 g/mol. The number of fused-ring (bicyclic) bond motifs is 1. The van der Waals surface area contributed by atoms with Gasteiger partial charge in [-0.2, -0.15) is 5.26 Å². The average Bonchev–Trinajstić information content (AvgIpc) is 2.61. The lowest BCUT2D eigenvalue weighted by atomic mass is 9.65. The Labute approximate surface area is 119 Å². The van der Waals surface area contributed by atoms with Gasteiger partial charge >= 0.3 is 0 Å². The minimum atomic E-state index is -0.540. The monoisotopic (exact) mass is 275 g/mol. The first-order chi connectivity index (χ1) is 9.16. The summed E-state index contributed by atoms with van der Waals surface area (Å²) in [5.41, 5.74) is 0.812. The van der Waals surface area contributed by atoms with Crippen LogP contribution in [0.25, 0.3) is 0 Å². The van der Waals surface area contributed by atoms with Crippen molar-refractivity contribution in [3.05, 3.63) is 34.9 Å². The molecule has 0 N–H and O–H groups in total. The molecule has 0 aromatic heterocycles. The molecule has 100 valence electrons. The van der Waals surface area contributed by atoms with Gasteiger partial charge in [0.25, 0.3) is 0 Å². The van der Waals surface area contributed by atoms with Gasteiger partial charge in [0.1, 0.15) is 0 Å². The van der Waals surface area contributed by atoms with E-state index in [1.807, 2.05) is 12.1 Å². The number of nitrogens with zero attached hydrogens (tertiary/aromatic N) is 1. The Hall–Kier alpha value is -1.04. The number of nitriles is 1.